The van der Waals surface area contributed by atoms with Gasteiger partial charge in [0.05, 0.1) is 19.7 Å². The molecule has 2 aromatic rings. The average molecular weight is 402 g/mol. The number of guanidine groups is 1. The van der Waals surface area contributed by atoms with Gasteiger partial charge in [-0.05, 0) is 25.8 Å². The fourth-order valence-electron chi connectivity index (χ4n) is 3.22. The Morgan fingerprint density at radius 1 is 1.38 bits per heavy atom. The number of hydrogen-bond acceptors (Lipinski definition) is 6. The molecule has 0 amide bonds. The SMILES string of the molecule is CCCOc1ncccc1CN=C(NCC)NC1CCc2nc(COC)nn2C1. The highest BCUT2D eigenvalue weighted by atomic mass is 16.5. The minimum atomic E-state index is 0.238. The number of aliphatic imine (C=N–C) groups is 1. The van der Waals surface area contributed by atoms with Gasteiger partial charge in [0.25, 0.3) is 0 Å². The third-order valence-corrected chi connectivity index (χ3v) is 4.56. The summed E-state index contributed by atoms with van der Waals surface area (Å²) in [7, 11) is 1.66. The summed E-state index contributed by atoms with van der Waals surface area (Å²) in [6, 6.07) is 4.15. The maximum absolute atomic E-state index is 5.74. The molecule has 1 atom stereocenters. The Bertz CT molecular complexity index is 806. The molecule has 158 valence electrons. The van der Waals surface area contributed by atoms with Crippen LogP contribution in [0.2, 0.25) is 0 Å². The Morgan fingerprint density at radius 3 is 3.07 bits per heavy atom. The maximum Gasteiger partial charge on any atom is 0.218 e. The highest BCUT2D eigenvalue weighted by Gasteiger charge is 2.22. The number of aromatic nitrogens is 4. The average Bonchev–Trinajstić information content (AvgIpc) is 3.13. The van der Waals surface area contributed by atoms with Gasteiger partial charge in [-0.2, -0.15) is 5.10 Å². The summed E-state index contributed by atoms with van der Waals surface area (Å²) in [6.45, 7) is 7.28. The van der Waals surface area contributed by atoms with Gasteiger partial charge in [0.1, 0.15) is 12.4 Å². The van der Waals surface area contributed by atoms with Gasteiger partial charge < -0.3 is 20.1 Å². The molecule has 0 fully saturated rings. The largest absolute Gasteiger partial charge is 0.477 e. The smallest absolute Gasteiger partial charge is 0.218 e. The normalized spacial score (nSPS) is 16.4. The van der Waals surface area contributed by atoms with Crippen LogP contribution in [0.25, 0.3) is 0 Å². The van der Waals surface area contributed by atoms with Crippen molar-refractivity contribution >= 4 is 5.96 Å². The van der Waals surface area contributed by atoms with Gasteiger partial charge in [0.15, 0.2) is 11.8 Å². The minimum absolute atomic E-state index is 0.238. The van der Waals surface area contributed by atoms with Crippen LogP contribution < -0.4 is 15.4 Å². The van der Waals surface area contributed by atoms with Crippen molar-refractivity contribution in [2.24, 2.45) is 4.99 Å². The lowest BCUT2D eigenvalue weighted by Gasteiger charge is -2.25. The number of pyridine rings is 1. The molecule has 3 heterocycles. The van der Waals surface area contributed by atoms with Crippen molar-refractivity contribution < 1.29 is 9.47 Å². The van der Waals surface area contributed by atoms with Gasteiger partial charge in [0, 0.05) is 37.9 Å². The van der Waals surface area contributed by atoms with Crippen LogP contribution in [0.1, 0.15) is 43.9 Å². The fraction of sp³-hybridized carbons (Fsp3) is 0.600. The Balaban J connectivity index is 1.64. The predicted octanol–water partition coefficient (Wildman–Crippen LogP) is 1.68. The van der Waals surface area contributed by atoms with Crippen LogP contribution in [-0.2, 0) is 30.9 Å². The molecule has 2 N–H and O–H groups in total. The molecular formula is C20H31N7O2. The summed E-state index contributed by atoms with van der Waals surface area (Å²) in [4.78, 5) is 13.6. The van der Waals surface area contributed by atoms with E-state index in [4.69, 9.17) is 14.5 Å². The van der Waals surface area contributed by atoms with E-state index in [2.05, 4.69) is 39.5 Å². The van der Waals surface area contributed by atoms with Crippen molar-refractivity contribution in [3.05, 3.63) is 35.5 Å². The van der Waals surface area contributed by atoms with E-state index in [1.54, 1.807) is 13.3 Å². The quantitative estimate of drug-likeness (QED) is 0.487. The van der Waals surface area contributed by atoms with E-state index in [1.807, 2.05) is 16.8 Å². The summed E-state index contributed by atoms with van der Waals surface area (Å²) in [6.07, 6.45) is 4.55. The molecule has 9 heteroatoms. The fourth-order valence-corrected chi connectivity index (χ4v) is 3.22. The van der Waals surface area contributed by atoms with Crippen LogP contribution in [0.4, 0.5) is 0 Å². The molecule has 0 bridgehead atoms. The first-order valence-electron chi connectivity index (χ1n) is 10.3. The van der Waals surface area contributed by atoms with Crippen molar-refractivity contribution in [3.63, 3.8) is 0 Å². The number of nitrogens with one attached hydrogen (secondary N) is 2. The zero-order chi connectivity index (χ0) is 20.5. The molecule has 3 rings (SSSR count). The van der Waals surface area contributed by atoms with Crippen molar-refractivity contribution in [2.45, 2.75) is 58.8 Å². The molecule has 0 radical (unpaired) electrons. The molecule has 1 aliphatic heterocycles. The second-order valence-electron chi connectivity index (χ2n) is 6.95. The van der Waals surface area contributed by atoms with E-state index in [9.17, 15) is 0 Å². The van der Waals surface area contributed by atoms with Gasteiger partial charge in [-0.1, -0.05) is 13.0 Å². The number of rotatable bonds is 9. The van der Waals surface area contributed by atoms with Gasteiger partial charge in [0.2, 0.25) is 5.88 Å². The molecule has 0 saturated carbocycles. The lowest BCUT2D eigenvalue weighted by molar-refractivity contribution is 0.177. The van der Waals surface area contributed by atoms with Crippen molar-refractivity contribution in [1.82, 2.24) is 30.4 Å². The first-order chi connectivity index (χ1) is 14.2. The number of nitrogens with zero attached hydrogens (tertiary/aromatic N) is 5. The molecule has 0 spiro atoms. The number of aryl methyl sites for hydroxylation is 1. The van der Waals surface area contributed by atoms with Gasteiger partial charge >= 0.3 is 0 Å². The predicted molar refractivity (Wildman–Crippen MR) is 111 cm³/mol. The van der Waals surface area contributed by atoms with Crippen LogP contribution in [0.5, 0.6) is 5.88 Å². The molecule has 0 aromatic carbocycles. The van der Waals surface area contributed by atoms with Crippen LogP contribution in [0.15, 0.2) is 23.3 Å². The molecule has 0 aliphatic carbocycles. The third-order valence-electron chi connectivity index (χ3n) is 4.56. The van der Waals surface area contributed by atoms with Crippen LogP contribution in [0, 0.1) is 0 Å². The number of methoxy groups -OCH3 is 1. The summed E-state index contributed by atoms with van der Waals surface area (Å²) in [5, 5.41) is 11.4. The van der Waals surface area contributed by atoms with E-state index >= 15 is 0 Å². The molecule has 1 aliphatic rings. The summed E-state index contributed by atoms with van der Waals surface area (Å²) < 4.78 is 12.8. The van der Waals surface area contributed by atoms with Crippen LogP contribution >= 0.6 is 0 Å². The zero-order valence-corrected chi connectivity index (χ0v) is 17.5. The van der Waals surface area contributed by atoms with Gasteiger partial charge in [-0.15, -0.1) is 0 Å². The second-order valence-corrected chi connectivity index (χ2v) is 6.95. The second kappa shape index (κ2) is 10.8. The Morgan fingerprint density at radius 2 is 2.28 bits per heavy atom. The maximum atomic E-state index is 5.74. The van der Waals surface area contributed by atoms with Crippen molar-refractivity contribution in [3.8, 4) is 5.88 Å². The third kappa shape index (κ3) is 5.90. The number of fused-ring (bicyclic) bond motifs is 1. The Labute approximate surface area is 171 Å². The zero-order valence-electron chi connectivity index (χ0n) is 17.5. The molecule has 1 unspecified atom stereocenters. The summed E-state index contributed by atoms with van der Waals surface area (Å²) >= 11 is 0. The molecule has 0 saturated heterocycles. The van der Waals surface area contributed by atoms with Crippen molar-refractivity contribution in [1.29, 1.82) is 0 Å². The first kappa shape index (κ1) is 21.0. The highest BCUT2D eigenvalue weighted by Crippen LogP contribution is 2.16. The standard InChI is InChI=1S/C20H31N7O2/c1-4-11-29-19-15(7-6-10-22-19)12-23-20(21-5-2)24-16-8-9-18-25-17(14-28-3)26-27(18)13-16/h6-7,10,16H,4-5,8-9,11-14H2,1-3H3,(H2,21,23,24). The number of ether oxygens (including phenoxy) is 2. The minimum Gasteiger partial charge on any atom is -0.477 e. The lowest BCUT2D eigenvalue weighted by atomic mass is 10.1. The van der Waals surface area contributed by atoms with Gasteiger partial charge in [-0.25, -0.2) is 19.6 Å². The molecule has 29 heavy (non-hydrogen) atoms. The van der Waals surface area contributed by atoms with Crippen LogP contribution in [-0.4, -0.2) is 52.0 Å². The summed E-state index contributed by atoms with van der Waals surface area (Å²) in [5.74, 6) is 3.19. The van der Waals surface area contributed by atoms with Crippen molar-refractivity contribution in [2.75, 3.05) is 20.3 Å². The molecule has 2 aromatic heterocycles. The van der Waals surface area contributed by atoms with E-state index in [0.717, 1.165) is 55.5 Å². The van der Waals surface area contributed by atoms with E-state index < -0.39 is 0 Å². The van der Waals surface area contributed by atoms with E-state index in [0.29, 0.717) is 25.6 Å². The molecule has 9 nitrogen and oxygen atoms in total. The lowest BCUT2D eigenvalue weighted by Crippen LogP contribution is -2.47. The Kier molecular flexibility index (Phi) is 7.80. The van der Waals surface area contributed by atoms with Gasteiger partial charge in [-0.3, -0.25) is 0 Å². The highest BCUT2D eigenvalue weighted by molar-refractivity contribution is 5.80. The number of hydrogen-bond donors (Lipinski definition) is 2. The first-order valence-corrected chi connectivity index (χ1v) is 10.3. The van der Waals surface area contributed by atoms with E-state index in [1.165, 1.54) is 0 Å². The Hall–Kier alpha value is -2.68. The summed E-state index contributed by atoms with van der Waals surface area (Å²) in [5.41, 5.74) is 0.976. The molecular weight excluding hydrogens is 370 g/mol. The van der Waals surface area contributed by atoms with E-state index in [-0.39, 0.29) is 6.04 Å². The topological polar surface area (TPSA) is 98.5 Å². The monoisotopic (exact) mass is 401 g/mol. The van der Waals surface area contributed by atoms with Crippen LogP contribution in [0.3, 0.4) is 0 Å².